The zero-order valence-electron chi connectivity index (χ0n) is 10.2. The number of nitrogens with zero attached hydrogens (tertiary/aromatic N) is 1. The summed E-state index contributed by atoms with van der Waals surface area (Å²) in [5.74, 6) is 0.547. The summed E-state index contributed by atoms with van der Waals surface area (Å²) in [7, 11) is 0. The average Bonchev–Trinajstić information content (AvgIpc) is 2.21. The summed E-state index contributed by atoms with van der Waals surface area (Å²) >= 11 is 0. The van der Waals surface area contributed by atoms with E-state index in [0.717, 1.165) is 5.56 Å². The molecule has 0 aromatic carbocycles. The monoisotopic (exact) mass is 223 g/mol. The molecule has 4 heteroatoms. The molecular weight excluding hydrogens is 202 g/mol. The van der Waals surface area contributed by atoms with Gasteiger partial charge in [0.2, 0.25) is 0 Å². The zero-order valence-corrected chi connectivity index (χ0v) is 10.2. The smallest absolute Gasteiger partial charge is 0.126 e. The number of aromatic nitrogens is 1. The summed E-state index contributed by atoms with van der Waals surface area (Å²) in [5, 5.41) is 0. The first-order valence-corrected chi connectivity index (χ1v) is 5.56. The van der Waals surface area contributed by atoms with E-state index in [2.05, 4.69) is 4.98 Å². The molecule has 16 heavy (non-hydrogen) atoms. The van der Waals surface area contributed by atoms with Gasteiger partial charge >= 0.3 is 0 Å². The maximum absolute atomic E-state index is 6.13. The van der Waals surface area contributed by atoms with Crippen molar-refractivity contribution in [1.82, 2.24) is 4.98 Å². The van der Waals surface area contributed by atoms with E-state index in [1.54, 1.807) is 6.20 Å². The van der Waals surface area contributed by atoms with Crippen molar-refractivity contribution in [3.05, 3.63) is 23.9 Å². The van der Waals surface area contributed by atoms with Crippen molar-refractivity contribution < 1.29 is 4.74 Å². The van der Waals surface area contributed by atoms with Gasteiger partial charge in [0, 0.05) is 18.8 Å². The van der Waals surface area contributed by atoms with Gasteiger partial charge in [-0.2, -0.15) is 0 Å². The molecule has 0 spiro atoms. The van der Waals surface area contributed by atoms with Crippen LogP contribution < -0.4 is 11.5 Å². The first-order valence-electron chi connectivity index (χ1n) is 5.56. The van der Waals surface area contributed by atoms with Crippen molar-refractivity contribution in [2.75, 3.05) is 12.3 Å². The molecule has 1 rings (SSSR count). The van der Waals surface area contributed by atoms with Gasteiger partial charge < -0.3 is 16.2 Å². The van der Waals surface area contributed by atoms with Gasteiger partial charge in [-0.05, 0) is 38.8 Å². The maximum atomic E-state index is 6.13. The van der Waals surface area contributed by atoms with Crippen LogP contribution in [-0.4, -0.2) is 23.2 Å². The van der Waals surface area contributed by atoms with Crippen LogP contribution in [0.5, 0.6) is 0 Å². The van der Waals surface area contributed by atoms with Crippen LogP contribution in [0.2, 0.25) is 0 Å². The molecule has 4 nitrogen and oxygen atoms in total. The van der Waals surface area contributed by atoms with Gasteiger partial charge in [-0.15, -0.1) is 0 Å². The van der Waals surface area contributed by atoms with E-state index < -0.39 is 0 Å². The lowest BCUT2D eigenvalue weighted by molar-refractivity contribution is -0.0287. The molecule has 0 radical (unpaired) electrons. The zero-order chi connectivity index (χ0) is 12.2. The summed E-state index contributed by atoms with van der Waals surface area (Å²) < 4.78 is 5.62. The fourth-order valence-corrected chi connectivity index (χ4v) is 1.59. The number of hydrogen-bond acceptors (Lipinski definition) is 4. The van der Waals surface area contributed by atoms with E-state index in [9.17, 15) is 0 Å². The van der Waals surface area contributed by atoms with Gasteiger partial charge in [0.05, 0.1) is 5.60 Å². The lowest BCUT2D eigenvalue weighted by Crippen LogP contribution is -2.46. The van der Waals surface area contributed by atoms with Gasteiger partial charge in [0.1, 0.15) is 5.82 Å². The van der Waals surface area contributed by atoms with Gasteiger partial charge in [0.25, 0.3) is 0 Å². The Balaban J connectivity index is 2.71. The SMILES string of the molecule is CCOC(C)(C)C(N)Cc1cccnc1N. The van der Waals surface area contributed by atoms with Crippen molar-refractivity contribution in [1.29, 1.82) is 0 Å². The quantitative estimate of drug-likeness (QED) is 0.790. The van der Waals surface area contributed by atoms with Crippen LogP contribution in [0, 0.1) is 0 Å². The second-order valence-electron chi connectivity index (χ2n) is 4.39. The summed E-state index contributed by atoms with van der Waals surface area (Å²) in [5.41, 5.74) is 12.5. The van der Waals surface area contributed by atoms with Crippen LogP contribution in [0.4, 0.5) is 5.82 Å². The number of pyridine rings is 1. The minimum atomic E-state index is -0.350. The van der Waals surface area contributed by atoms with Crippen LogP contribution in [0.1, 0.15) is 26.3 Å². The lowest BCUT2D eigenvalue weighted by atomic mass is 9.93. The summed E-state index contributed by atoms with van der Waals surface area (Å²) in [6, 6.07) is 3.72. The first kappa shape index (κ1) is 12.9. The predicted octanol–water partition coefficient (Wildman–Crippen LogP) is 1.35. The highest BCUT2D eigenvalue weighted by molar-refractivity contribution is 5.39. The molecular formula is C12H21N3O. The molecule has 0 saturated carbocycles. The van der Waals surface area contributed by atoms with Crippen molar-refractivity contribution in [2.45, 2.75) is 38.8 Å². The normalized spacial score (nSPS) is 13.8. The number of hydrogen-bond donors (Lipinski definition) is 2. The molecule has 0 aliphatic heterocycles. The number of nitrogens with two attached hydrogens (primary N) is 2. The predicted molar refractivity (Wildman–Crippen MR) is 66.0 cm³/mol. The maximum Gasteiger partial charge on any atom is 0.126 e. The first-order chi connectivity index (χ1) is 7.47. The van der Waals surface area contributed by atoms with E-state index in [4.69, 9.17) is 16.2 Å². The van der Waals surface area contributed by atoms with Crippen LogP contribution in [-0.2, 0) is 11.2 Å². The van der Waals surface area contributed by atoms with E-state index in [-0.39, 0.29) is 11.6 Å². The Bertz CT molecular complexity index is 339. The van der Waals surface area contributed by atoms with Crippen molar-refractivity contribution in [3.63, 3.8) is 0 Å². The van der Waals surface area contributed by atoms with Crippen LogP contribution in [0.3, 0.4) is 0 Å². The third-order valence-electron chi connectivity index (χ3n) is 2.78. The molecule has 1 unspecified atom stereocenters. The second-order valence-corrected chi connectivity index (χ2v) is 4.39. The summed E-state index contributed by atoms with van der Waals surface area (Å²) in [6.07, 6.45) is 2.35. The standard InChI is InChI=1S/C12H21N3O/c1-4-16-12(2,3)10(13)8-9-6-5-7-15-11(9)14/h5-7,10H,4,8,13H2,1-3H3,(H2,14,15). The Morgan fingerprint density at radius 2 is 2.19 bits per heavy atom. The molecule has 1 atom stereocenters. The number of anilines is 1. The molecule has 0 amide bonds. The van der Waals surface area contributed by atoms with Gasteiger partial charge in [-0.1, -0.05) is 6.07 Å². The molecule has 1 heterocycles. The highest BCUT2D eigenvalue weighted by Gasteiger charge is 2.27. The Morgan fingerprint density at radius 3 is 2.75 bits per heavy atom. The van der Waals surface area contributed by atoms with E-state index in [1.807, 2.05) is 32.9 Å². The fraction of sp³-hybridized carbons (Fsp3) is 0.583. The molecule has 0 aliphatic rings. The van der Waals surface area contributed by atoms with Crippen molar-refractivity contribution in [2.24, 2.45) is 5.73 Å². The van der Waals surface area contributed by atoms with Crippen molar-refractivity contribution >= 4 is 5.82 Å². The van der Waals surface area contributed by atoms with Gasteiger partial charge in [-0.3, -0.25) is 0 Å². The molecule has 1 aromatic rings. The molecule has 0 saturated heterocycles. The van der Waals surface area contributed by atoms with Gasteiger partial charge in [-0.25, -0.2) is 4.98 Å². The Kier molecular flexibility index (Phi) is 4.26. The fourth-order valence-electron chi connectivity index (χ4n) is 1.59. The summed E-state index contributed by atoms with van der Waals surface area (Å²) in [6.45, 7) is 6.61. The van der Waals surface area contributed by atoms with E-state index >= 15 is 0 Å². The molecule has 4 N–H and O–H groups in total. The number of rotatable bonds is 5. The Labute approximate surface area is 97.0 Å². The third-order valence-corrected chi connectivity index (χ3v) is 2.78. The molecule has 0 fully saturated rings. The Hall–Kier alpha value is -1.13. The topological polar surface area (TPSA) is 74.2 Å². The van der Waals surface area contributed by atoms with Crippen molar-refractivity contribution in [3.8, 4) is 0 Å². The minimum absolute atomic E-state index is 0.0982. The van der Waals surface area contributed by atoms with E-state index in [0.29, 0.717) is 18.8 Å². The molecule has 0 aliphatic carbocycles. The van der Waals surface area contributed by atoms with E-state index in [1.165, 1.54) is 0 Å². The lowest BCUT2D eigenvalue weighted by Gasteiger charge is -2.31. The molecule has 90 valence electrons. The minimum Gasteiger partial charge on any atom is -0.383 e. The number of ether oxygens (including phenoxy) is 1. The van der Waals surface area contributed by atoms with Crippen LogP contribution >= 0.6 is 0 Å². The van der Waals surface area contributed by atoms with Crippen LogP contribution in [0.25, 0.3) is 0 Å². The van der Waals surface area contributed by atoms with Crippen LogP contribution in [0.15, 0.2) is 18.3 Å². The molecule has 1 aromatic heterocycles. The Morgan fingerprint density at radius 1 is 1.50 bits per heavy atom. The van der Waals surface area contributed by atoms with Gasteiger partial charge in [0.15, 0.2) is 0 Å². The number of nitrogen functional groups attached to an aromatic ring is 1. The average molecular weight is 223 g/mol. The molecule has 0 bridgehead atoms. The highest BCUT2D eigenvalue weighted by atomic mass is 16.5. The largest absolute Gasteiger partial charge is 0.383 e. The second kappa shape index (κ2) is 5.27. The highest BCUT2D eigenvalue weighted by Crippen LogP contribution is 2.19. The third kappa shape index (κ3) is 3.18. The summed E-state index contributed by atoms with van der Waals surface area (Å²) in [4.78, 5) is 4.04.